The summed E-state index contributed by atoms with van der Waals surface area (Å²) in [5, 5.41) is 33.3. The van der Waals surface area contributed by atoms with Gasteiger partial charge >= 0.3 is 5.97 Å². The summed E-state index contributed by atoms with van der Waals surface area (Å²) in [6.45, 7) is -0.357. The van der Waals surface area contributed by atoms with Gasteiger partial charge in [-0.25, -0.2) is 0 Å². The first-order chi connectivity index (χ1) is 12.5. The summed E-state index contributed by atoms with van der Waals surface area (Å²) in [5.41, 5.74) is 10.3. The van der Waals surface area contributed by atoms with Gasteiger partial charge in [-0.15, -0.1) is 0 Å². The Hall–Kier alpha value is -2.77. The highest BCUT2D eigenvalue weighted by atomic mass is 16.4. The van der Waals surface area contributed by atoms with Crippen LogP contribution in [0, 0.1) is 0 Å². The first-order valence-corrected chi connectivity index (χ1v) is 7.93. The van der Waals surface area contributed by atoms with E-state index in [1.165, 1.54) is 6.92 Å². The molecule has 0 spiro atoms. The second-order valence-electron chi connectivity index (χ2n) is 5.67. The van der Waals surface area contributed by atoms with Crippen LogP contribution >= 0.6 is 0 Å². The SMILES string of the molecule is CC(NC(=O)C(CO)NC(=O)C(CCC(N)=O)NC(=O)C(N)CO)C(=O)O. The number of amides is 4. The van der Waals surface area contributed by atoms with E-state index in [4.69, 9.17) is 21.7 Å². The molecule has 0 radical (unpaired) electrons. The number of carboxylic acids is 1. The second kappa shape index (κ2) is 11.8. The van der Waals surface area contributed by atoms with Crippen molar-refractivity contribution in [3.63, 3.8) is 0 Å². The molecule has 4 unspecified atom stereocenters. The number of rotatable bonds is 12. The van der Waals surface area contributed by atoms with Crippen LogP contribution in [0.15, 0.2) is 0 Å². The number of nitrogens with one attached hydrogen (secondary N) is 3. The molecule has 0 aromatic rings. The maximum Gasteiger partial charge on any atom is 0.325 e. The summed E-state index contributed by atoms with van der Waals surface area (Å²) in [5.74, 6) is -4.86. The molecule has 10 N–H and O–H groups in total. The third-order valence-corrected chi connectivity index (χ3v) is 3.39. The minimum atomic E-state index is -1.50. The van der Waals surface area contributed by atoms with Crippen molar-refractivity contribution in [2.24, 2.45) is 11.5 Å². The number of aliphatic hydroxyl groups excluding tert-OH is 2. The lowest BCUT2D eigenvalue weighted by atomic mass is 10.1. The maximum atomic E-state index is 12.3. The van der Waals surface area contributed by atoms with Crippen molar-refractivity contribution < 1.29 is 39.3 Å². The summed E-state index contributed by atoms with van der Waals surface area (Å²) in [4.78, 5) is 57.7. The van der Waals surface area contributed by atoms with E-state index in [2.05, 4.69) is 16.0 Å². The quantitative estimate of drug-likeness (QED) is 0.159. The molecule has 13 heteroatoms. The van der Waals surface area contributed by atoms with Crippen molar-refractivity contribution >= 4 is 29.6 Å². The number of primary amides is 1. The zero-order valence-corrected chi connectivity index (χ0v) is 14.7. The highest BCUT2D eigenvalue weighted by molar-refractivity contribution is 5.94. The minimum absolute atomic E-state index is 0.226. The van der Waals surface area contributed by atoms with Crippen LogP contribution in [0.25, 0.3) is 0 Å². The molecule has 0 aliphatic heterocycles. The van der Waals surface area contributed by atoms with E-state index in [1.807, 2.05) is 0 Å². The largest absolute Gasteiger partial charge is 0.480 e. The highest BCUT2D eigenvalue weighted by Crippen LogP contribution is 2.00. The topological polar surface area (TPSA) is 234 Å². The minimum Gasteiger partial charge on any atom is -0.480 e. The predicted molar refractivity (Wildman–Crippen MR) is 89.7 cm³/mol. The van der Waals surface area contributed by atoms with Crippen LogP contribution in [0.3, 0.4) is 0 Å². The third kappa shape index (κ3) is 8.94. The van der Waals surface area contributed by atoms with Gasteiger partial charge in [0.25, 0.3) is 0 Å². The van der Waals surface area contributed by atoms with Crippen LogP contribution in [0.2, 0.25) is 0 Å². The highest BCUT2D eigenvalue weighted by Gasteiger charge is 2.29. The number of carbonyl (C=O) groups is 5. The number of aliphatic carboxylic acids is 1. The lowest BCUT2D eigenvalue weighted by Crippen LogP contribution is -2.58. The van der Waals surface area contributed by atoms with Gasteiger partial charge < -0.3 is 42.7 Å². The molecule has 0 rings (SSSR count). The number of hydrogen-bond acceptors (Lipinski definition) is 8. The van der Waals surface area contributed by atoms with Gasteiger partial charge in [0.2, 0.25) is 23.6 Å². The smallest absolute Gasteiger partial charge is 0.325 e. The van der Waals surface area contributed by atoms with Gasteiger partial charge in [-0.05, 0) is 13.3 Å². The van der Waals surface area contributed by atoms with Crippen LogP contribution in [0.5, 0.6) is 0 Å². The van der Waals surface area contributed by atoms with Crippen LogP contribution < -0.4 is 27.4 Å². The molecule has 4 amide bonds. The normalized spacial score (nSPS) is 15.0. The monoisotopic (exact) mass is 391 g/mol. The van der Waals surface area contributed by atoms with Gasteiger partial charge in [0, 0.05) is 6.42 Å². The molecule has 0 aromatic carbocycles. The Bertz CT molecular complexity index is 570. The molecule has 0 saturated heterocycles. The summed E-state index contributed by atoms with van der Waals surface area (Å²) in [7, 11) is 0. The zero-order valence-electron chi connectivity index (χ0n) is 14.7. The fraction of sp³-hybridized carbons (Fsp3) is 0.643. The van der Waals surface area contributed by atoms with Crippen LogP contribution in [0.1, 0.15) is 19.8 Å². The van der Waals surface area contributed by atoms with E-state index in [-0.39, 0.29) is 12.8 Å². The molecule has 0 aliphatic rings. The van der Waals surface area contributed by atoms with Gasteiger partial charge in [0.15, 0.2) is 0 Å². The van der Waals surface area contributed by atoms with Gasteiger partial charge in [0.1, 0.15) is 24.2 Å². The van der Waals surface area contributed by atoms with Crippen molar-refractivity contribution in [1.29, 1.82) is 0 Å². The maximum absolute atomic E-state index is 12.3. The molecule has 0 fully saturated rings. The predicted octanol–water partition coefficient (Wildman–Crippen LogP) is -4.88. The van der Waals surface area contributed by atoms with E-state index in [1.54, 1.807) is 0 Å². The lowest BCUT2D eigenvalue weighted by Gasteiger charge is -2.23. The van der Waals surface area contributed by atoms with Gasteiger partial charge in [-0.3, -0.25) is 24.0 Å². The number of aliphatic hydroxyl groups is 2. The van der Waals surface area contributed by atoms with E-state index in [0.717, 1.165) is 0 Å². The van der Waals surface area contributed by atoms with Crippen molar-refractivity contribution in [1.82, 2.24) is 16.0 Å². The Morgan fingerprint density at radius 1 is 0.889 bits per heavy atom. The van der Waals surface area contributed by atoms with E-state index >= 15 is 0 Å². The summed E-state index contributed by atoms with van der Waals surface area (Å²) in [6.07, 6.45) is -0.505. The lowest BCUT2D eigenvalue weighted by molar-refractivity contribution is -0.142. The van der Waals surface area contributed by atoms with Gasteiger partial charge in [-0.1, -0.05) is 0 Å². The first kappa shape index (κ1) is 24.2. The summed E-state index contributed by atoms with van der Waals surface area (Å²) < 4.78 is 0. The molecule has 27 heavy (non-hydrogen) atoms. The number of carbonyl (C=O) groups excluding carboxylic acids is 4. The molecule has 13 nitrogen and oxygen atoms in total. The molecular weight excluding hydrogens is 366 g/mol. The first-order valence-electron chi connectivity index (χ1n) is 7.93. The average Bonchev–Trinajstić information content (AvgIpc) is 2.61. The zero-order chi connectivity index (χ0) is 21.1. The fourth-order valence-corrected chi connectivity index (χ4v) is 1.76. The Labute approximate surface area is 154 Å². The fourth-order valence-electron chi connectivity index (χ4n) is 1.76. The molecule has 0 heterocycles. The standard InChI is InChI=1S/C14H25N5O8/c1-6(14(26)27)17-13(25)9(5-21)19-12(24)8(2-3-10(16)22)18-11(23)7(15)4-20/h6-9,20-21H,2-5,15H2,1H3,(H2,16,22)(H,17,25)(H,18,23)(H,19,24)(H,26,27). The Balaban J connectivity index is 5.10. The van der Waals surface area contributed by atoms with Crippen molar-refractivity contribution in [3.05, 3.63) is 0 Å². The van der Waals surface area contributed by atoms with Crippen LogP contribution in [-0.4, -0.2) is 82.3 Å². The van der Waals surface area contributed by atoms with Crippen LogP contribution in [0.4, 0.5) is 0 Å². The van der Waals surface area contributed by atoms with E-state index < -0.39 is 67.0 Å². The molecule has 0 aliphatic carbocycles. The Kier molecular flexibility index (Phi) is 10.6. The van der Waals surface area contributed by atoms with Gasteiger partial charge in [0.05, 0.1) is 13.2 Å². The van der Waals surface area contributed by atoms with E-state index in [9.17, 15) is 29.1 Å². The number of nitrogens with two attached hydrogens (primary N) is 2. The van der Waals surface area contributed by atoms with E-state index in [0.29, 0.717) is 0 Å². The molecule has 0 aromatic heterocycles. The number of carboxylic acid groups (broad SMARTS) is 1. The van der Waals surface area contributed by atoms with Crippen molar-refractivity contribution in [2.45, 2.75) is 43.9 Å². The van der Waals surface area contributed by atoms with Crippen molar-refractivity contribution in [2.75, 3.05) is 13.2 Å². The molecule has 154 valence electrons. The molecule has 0 bridgehead atoms. The summed E-state index contributed by atoms with van der Waals surface area (Å²) >= 11 is 0. The van der Waals surface area contributed by atoms with Crippen molar-refractivity contribution in [3.8, 4) is 0 Å². The average molecular weight is 391 g/mol. The van der Waals surface area contributed by atoms with Crippen LogP contribution in [-0.2, 0) is 24.0 Å². The Morgan fingerprint density at radius 3 is 1.85 bits per heavy atom. The number of hydrogen-bond donors (Lipinski definition) is 8. The summed E-state index contributed by atoms with van der Waals surface area (Å²) in [6, 6.07) is -5.42. The second-order valence-corrected chi connectivity index (χ2v) is 5.67. The Morgan fingerprint density at radius 2 is 1.41 bits per heavy atom. The molecular formula is C14H25N5O8. The molecule has 4 atom stereocenters. The molecule has 0 saturated carbocycles. The van der Waals surface area contributed by atoms with Gasteiger partial charge in [-0.2, -0.15) is 0 Å². The third-order valence-electron chi connectivity index (χ3n) is 3.39.